The van der Waals surface area contributed by atoms with Crippen LogP contribution in [-0.2, 0) is 0 Å². The van der Waals surface area contributed by atoms with Crippen molar-refractivity contribution in [1.29, 1.82) is 0 Å². The third-order valence-corrected chi connectivity index (χ3v) is 5.65. The Bertz CT molecular complexity index is 452. The van der Waals surface area contributed by atoms with Crippen molar-refractivity contribution in [1.82, 2.24) is 0 Å². The van der Waals surface area contributed by atoms with Crippen LogP contribution in [0.2, 0.25) is 13.1 Å². The van der Waals surface area contributed by atoms with Gasteiger partial charge in [-0.25, -0.2) is 0 Å². The van der Waals surface area contributed by atoms with E-state index in [9.17, 15) is 0 Å². The van der Waals surface area contributed by atoms with Crippen LogP contribution in [-0.4, -0.2) is 8.07 Å². The van der Waals surface area contributed by atoms with Gasteiger partial charge in [0.25, 0.3) is 0 Å². The van der Waals surface area contributed by atoms with E-state index in [-0.39, 0.29) is 0 Å². The molecule has 0 aliphatic heterocycles. The fourth-order valence-electron chi connectivity index (χ4n) is 2.09. The van der Waals surface area contributed by atoms with Crippen molar-refractivity contribution in [3.05, 3.63) is 41.1 Å². The Morgan fingerprint density at radius 2 is 1.81 bits per heavy atom. The van der Waals surface area contributed by atoms with Crippen LogP contribution >= 0.6 is 0 Å². The first-order valence-corrected chi connectivity index (χ1v) is 8.73. The van der Waals surface area contributed by atoms with Gasteiger partial charge in [0.05, 0.1) is 0 Å². The maximum Gasteiger partial charge on any atom is 0.105 e. The largest absolute Gasteiger partial charge is 0.105 e. The summed E-state index contributed by atoms with van der Waals surface area (Å²) in [6.45, 7) is 11.0. The zero-order chi connectivity index (χ0) is 12.2. The Labute approximate surface area is 100 Å². The van der Waals surface area contributed by atoms with Crippen LogP contribution in [0.5, 0.6) is 0 Å². The second kappa shape index (κ2) is 5.18. The molecule has 0 heterocycles. The third-order valence-electron chi connectivity index (χ3n) is 2.53. The monoisotopic (exact) mass is 228 g/mol. The van der Waals surface area contributed by atoms with E-state index in [0.717, 1.165) is 0 Å². The van der Waals surface area contributed by atoms with E-state index in [4.69, 9.17) is 0 Å². The zero-order valence-electron chi connectivity index (χ0n) is 10.9. The van der Waals surface area contributed by atoms with Crippen molar-refractivity contribution < 1.29 is 0 Å². The minimum Gasteiger partial charge on any atom is -0.101 e. The van der Waals surface area contributed by atoms with Crippen LogP contribution in [0.15, 0.2) is 35.5 Å². The molecule has 0 saturated carbocycles. The normalized spacial score (nSPS) is 10.3. The topological polar surface area (TPSA) is 0 Å². The summed E-state index contributed by atoms with van der Waals surface area (Å²) in [4.78, 5) is 0. The number of rotatable bonds is 2. The molecule has 0 bridgehead atoms. The smallest absolute Gasteiger partial charge is 0.101 e. The van der Waals surface area contributed by atoms with Gasteiger partial charge in [-0.2, -0.15) is 0 Å². The molecule has 0 nitrogen and oxygen atoms in total. The van der Waals surface area contributed by atoms with Gasteiger partial charge in [-0.15, -0.1) is 5.92 Å². The molecule has 84 valence electrons. The molecule has 0 N–H and O–H groups in total. The second-order valence-electron chi connectivity index (χ2n) is 4.86. The Hall–Kier alpha value is -1.26. The number of hydrogen-bond donors (Lipinski definition) is 0. The molecule has 0 atom stereocenters. The van der Waals surface area contributed by atoms with Gasteiger partial charge in [0, 0.05) is 5.56 Å². The summed E-state index contributed by atoms with van der Waals surface area (Å²) < 4.78 is 0. The van der Waals surface area contributed by atoms with Gasteiger partial charge in [-0.3, -0.25) is 0 Å². The summed E-state index contributed by atoms with van der Waals surface area (Å²) in [7, 11) is -1.49. The Morgan fingerprint density at radius 1 is 1.19 bits per heavy atom. The molecule has 1 aromatic carbocycles. The molecular weight excluding hydrogens is 208 g/mol. The average molecular weight is 228 g/mol. The zero-order valence-corrected chi connectivity index (χ0v) is 11.9. The molecule has 0 unspecified atom stereocenters. The number of allylic oxidation sites excluding steroid dienone is 1. The number of benzene rings is 1. The molecule has 0 aliphatic carbocycles. The Kier molecular flexibility index (Phi) is 4.15. The van der Waals surface area contributed by atoms with Gasteiger partial charge in [0.2, 0.25) is 0 Å². The molecule has 0 fully saturated rings. The van der Waals surface area contributed by atoms with Crippen LogP contribution < -0.4 is 5.19 Å². The highest BCUT2D eigenvalue weighted by molar-refractivity contribution is 6.94. The van der Waals surface area contributed by atoms with Crippen LogP contribution in [0.3, 0.4) is 0 Å². The highest BCUT2D eigenvalue weighted by Gasteiger charge is 2.22. The van der Waals surface area contributed by atoms with Gasteiger partial charge >= 0.3 is 0 Å². The summed E-state index contributed by atoms with van der Waals surface area (Å²) in [5.74, 6) is 6.21. The van der Waals surface area contributed by atoms with E-state index in [0.29, 0.717) is 0 Å². The molecule has 0 spiro atoms. The maximum absolute atomic E-state index is 3.21. The van der Waals surface area contributed by atoms with Gasteiger partial charge in [-0.1, -0.05) is 48.5 Å². The first-order valence-electron chi connectivity index (χ1n) is 5.65. The summed E-state index contributed by atoms with van der Waals surface area (Å²) in [6.07, 6.45) is 0. The molecule has 16 heavy (non-hydrogen) atoms. The molecule has 0 saturated heterocycles. The summed E-state index contributed by atoms with van der Waals surface area (Å²) in [6, 6.07) is 8.53. The van der Waals surface area contributed by atoms with E-state index in [1.165, 1.54) is 16.3 Å². The molecule has 0 aromatic heterocycles. The van der Waals surface area contributed by atoms with E-state index < -0.39 is 8.07 Å². The molecule has 0 amide bonds. The van der Waals surface area contributed by atoms with Crippen LogP contribution in [0.1, 0.15) is 26.3 Å². The van der Waals surface area contributed by atoms with Crippen LogP contribution in [0.25, 0.3) is 0 Å². The summed E-state index contributed by atoms with van der Waals surface area (Å²) >= 11 is 0. The quantitative estimate of drug-likeness (QED) is 0.537. The first-order chi connectivity index (χ1) is 7.47. The summed E-state index contributed by atoms with van der Waals surface area (Å²) in [5, 5.41) is 1.44. The SMILES string of the molecule is CC#Cc1ccccc1[Si](C)(C)C=C(C)C. The van der Waals surface area contributed by atoms with Crippen molar-refractivity contribution in [2.45, 2.75) is 33.9 Å². The van der Waals surface area contributed by atoms with Crippen LogP contribution in [0.4, 0.5) is 0 Å². The van der Waals surface area contributed by atoms with Crippen LogP contribution in [0, 0.1) is 11.8 Å². The molecular formula is C15H20Si. The molecule has 0 aliphatic rings. The standard InChI is InChI=1S/C15H20Si/c1-6-9-14-10-7-8-11-15(14)16(4,5)12-13(2)3/h7-8,10-12H,1-5H3. The summed E-state index contributed by atoms with van der Waals surface area (Å²) in [5.41, 5.74) is 5.03. The molecule has 0 radical (unpaired) electrons. The van der Waals surface area contributed by atoms with E-state index >= 15 is 0 Å². The minimum absolute atomic E-state index is 1.19. The lowest BCUT2D eigenvalue weighted by Gasteiger charge is -2.21. The highest BCUT2D eigenvalue weighted by atomic mass is 28.3. The fraction of sp³-hybridized carbons (Fsp3) is 0.333. The third kappa shape index (κ3) is 3.11. The van der Waals surface area contributed by atoms with Crippen molar-refractivity contribution in [3.8, 4) is 11.8 Å². The van der Waals surface area contributed by atoms with Gasteiger partial charge < -0.3 is 0 Å². The van der Waals surface area contributed by atoms with Gasteiger partial charge in [0.15, 0.2) is 0 Å². The molecule has 1 aromatic rings. The first kappa shape index (κ1) is 12.8. The second-order valence-corrected chi connectivity index (χ2v) is 9.13. The van der Waals surface area contributed by atoms with Crippen molar-refractivity contribution in [2.24, 2.45) is 0 Å². The lowest BCUT2D eigenvalue weighted by molar-refractivity contribution is 1.40. The maximum atomic E-state index is 3.21. The lowest BCUT2D eigenvalue weighted by atomic mass is 10.2. The predicted molar refractivity (Wildman–Crippen MR) is 75.5 cm³/mol. The Morgan fingerprint density at radius 3 is 2.38 bits per heavy atom. The number of hydrogen-bond acceptors (Lipinski definition) is 0. The van der Waals surface area contributed by atoms with Crippen molar-refractivity contribution in [2.75, 3.05) is 0 Å². The van der Waals surface area contributed by atoms with Crippen molar-refractivity contribution in [3.63, 3.8) is 0 Å². The minimum atomic E-state index is -1.49. The Balaban J connectivity index is 3.30. The van der Waals surface area contributed by atoms with Gasteiger partial charge in [0.1, 0.15) is 8.07 Å². The molecule has 1 heteroatoms. The van der Waals surface area contributed by atoms with E-state index in [1.54, 1.807) is 0 Å². The van der Waals surface area contributed by atoms with E-state index in [1.807, 2.05) is 6.92 Å². The highest BCUT2D eigenvalue weighted by Crippen LogP contribution is 2.11. The van der Waals surface area contributed by atoms with Crippen molar-refractivity contribution >= 4 is 13.3 Å². The predicted octanol–water partition coefficient (Wildman–Crippen LogP) is 3.48. The fourth-order valence-corrected chi connectivity index (χ4v) is 5.05. The average Bonchev–Trinajstić information content (AvgIpc) is 2.17. The van der Waals surface area contributed by atoms with E-state index in [2.05, 4.69) is 68.7 Å². The van der Waals surface area contributed by atoms with Gasteiger partial charge in [-0.05, 0) is 32.0 Å². The molecule has 1 rings (SSSR count). The lowest BCUT2D eigenvalue weighted by Crippen LogP contribution is -2.41.